The van der Waals surface area contributed by atoms with E-state index in [9.17, 15) is 4.79 Å². The molecule has 0 bridgehead atoms. The first-order valence-electron chi connectivity index (χ1n) is 7.24. The highest BCUT2D eigenvalue weighted by Gasteiger charge is 2.18. The molecule has 2 heterocycles. The van der Waals surface area contributed by atoms with E-state index < -0.39 is 0 Å². The van der Waals surface area contributed by atoms with Gasteiger partial charge < -0.3 is 13.9 Å². The number of fused-ring (bicyclic) bond motifs is 3. The maximum Gasteiger partial charge on any atom is 0.204 e. The van der Waals surface area contributed by atoms with E-state index in [0.717, 1.165) is 12.0 Å². The molecule has 0 unspecified atom stereocenters. The van der Waals surface area contributed by atoms with E-state index in [1.807, 2.05) is 30.3 Å². The van der Waals surface area contributed by atoms with E-state index in [0.29, 0.717) is 41.2 Å². The summed E-state index contributed by atoms with van der Waals surface area (Å²) in [6.45, 7) is 1.15. The first-order valence-corrected chi connectivity index (χ1v) is 7.24. The Labute approximate surface area is 126 Å². The first kappa shape index (κ1) is 13.0. The van der Waals surface area contributed by atoms with Gasteiger partial charge in [-0.2, -0.15) is 0 Å². The number of hydrogen-bond donors (Lipinski definition) is 0. The highest BCUT2D eigenvalue weighted by Crippen LogP contribution is 2.36. The zero-order chi connectivity index (χ0) is 14.9. The van der Waals surface area contributed by atoms with Gasteiger partial charge in [-0.15, -0.1) is 0 Å². The van der Waals surface area contributed by atoms with E-state index >= 15 is 0 Å². The molecule has 2 aromatic carbocycles. The van der Waals surface area contributed by atoms with Gasteiger partial charge in [-0.25, -0.2) is 0 Å². The predicted octanol–water partition coefficient (Wildman–Crippen LogP) is 3.62. The Morgan fingerprint density at radius 2 is 1.73 bits per heavy atom. The molecule has 0 atom stereocenters. The van der Waals surface area contributed by atoms with Crippen LogP contribution in [0, 0.1) is 0 Å². The molecule has 1 aliphatic heterocycles. The van der Waals surface area contributed by atoms with Crippen molar-refractivity contribution in [2.24, 2.45) is 0 Å². The normalized spacial score (nSPS) is 13.8. The fraction of sp³-hybridized carbons (Fsp3) is 0.167. The molecule has 0 saturated carbocycles. The monoisotopic (exact) mass is 294 g/mol. The molecule has 0 aliphatic carbocycles. The van der Waals surface area contributed by atoms with E-state index in [-0.39, 0.29) is 5.43 Å². The molecule has 0 spiro atoms. The number of rotatable bonds is 1. The highest BCUT2D eigenvalue weighted by molar-refractivity contribution is 5.88. The Hall–Kier alpha value is -2.75. The molecule has 22 heavy (non-hydrogen) atoms. The summed E-state index contributed by atoms with van der Waals surface area (Å²) in [5, 5.41) is 0.505. The Kier molecular flexibility index (Phi) is 3.07. The van der Waals surface area contributed by atoms with Crippen LogP contribution in [0.15, 0.2) is 57.9 Å². The summed E-state index contributed by atoms with van der Waals surface area (Å²) in [7, 11) is 0. The summed E-state index contributed by atoms with van der Waals surface area (Å²) in [5.41, 5.74) is 1.76. The van der Waals surface area contributed by atoms with Gasteiger partial charge in [0.15, 0.2) is 11.3 Å². The summed E-state index contributed by atoms with van der Waals surface area (Å²) in [6, 6.07) is 13.0. The minimum absolute atomic E-state index is 0.0666. The van der Waals surface area contributed by atoms with Crippen molar-refractivity contribution in [3.05, 3.63) is 59.0 Å². The van der Waals surface area contributed by atoms with Crippen LogP contribution in [0.5, 0.6) is 11.5 Å². The molecule has 0 N–H and O–H groups in total. The molecule has 0 amide bonds. The van der Waals surface area contributed by atoms with E-state index in [1.54, 1.807) is 12.1 Å². The maximum absolute atomic E-state index is 12.7. The smallest absolute Gasteiger partial charge is 0.204 e. The minimum Gasteiger partial charge on any atom is -0.489 e. The molecule has 4 nitrogen and oxygen atoms in total. The molecule has 4 rings (SSSR count). The van der Waals surface area contributed by atoms with Crippen LogP contribution in [0.1, 0.15) is 6.42 Å². The highest BCUT2D eigenvalue weighted by atomic mass is 16.5. The van der Waals surface area contributed by atoms with Crippen LogP contribution in [0.3, 0.4) is 0 Å². The van der Waals surface area contributed by atoms with Gasteiger partial charge in [0.05, 0.1) is 24.2 Å². The summed E-state index contributed by atoms with van der Waals surface area (Å²) in [5.74, 6) is 1.15. The van der Waals surface area contributed by atoms with Gasteiger partial charge in [0.25, 0.3) is 0 Å². The molecule has 110 valence electrons. The summed E-state index contributed by atoms with van der Waals surface area (Å²) in [4.78, 5) is 12.7. The van der Waals surface area contributed by atoms with Gasteiger partial charge >= 0.3 is 0 Å². The van der Waals surface area contributed by atoms with Crippen LogP contribution in [0.25, 0.3) is 22.1 Å². The third-order valence-corrected chi connectivity index (χ3v) is 3.74. The van der Waals surface area contributed by atoms with E-state index in [4.69, 9.17) is 13.9 Å². The Balaban J connectivity index is 1.96. The summed E-state index contributed by atoms with van der Waals surface area (Å²) in [6.07, 6.45) is 2.30. The molecular formula is C18H14O4. The third kappa shape index (κ3) is 2.04. The van der Waals surface area contributed by atoms with Gasteiger partial charge in [-0.05, 0) is 17.7 Å². The van der Waals surface area contributed by atoms with Gasteiger partial charge in [0.2, 0.25) is 11.2 Å². The van der Waals surface area contributed by atoms with Gasteiger partial charge in [0.1, 0.15) is 6.26 Å². The van der Waals surface area contributed by atoms with E-state index in [1.165, 1.54) is 6.26 Å². The molecule has 3 aromatic rings. The van der Waals surface area contributed by atoms with Crippen LogP contribution < -0.4 is 14.9 Å². The van der Waals surface area contributed by atoms with Crippen LogP contribution >= 0.6 is 0 Å². The lowest BCUT2D eigenvalue weighted by atomic mass is 10.1. The van der Waals surface area contributed by atoms with Crippen molar-refractivity contribution >= 4 is 11.0 Å². The molecule has 0 fully saturated rings. The number of hydrogen-bond acceptors (Lipinski definition) is 4. The lowest BCUT2D eigenvalue weighted by Crippen LogP contribution is -2.05. The van der Waals surface area contributed by atoms with Gasteiger partial charge in [-0.1, -0.05) is 30.3 Å². The second-order valence-corrected chi connectivity index (χ2v) is 5.16. The lowest BCUT2D eigenvalue weighted by molar-refractivity contribution is 0.296. The zero-order valence-corrected chi connectivity index (χ0v) is 11.9. The Morgan fingerprint density at radius 1 is 0.909 bits per heavy atom. The average molecular weight is 294 g/mol. The summed E-state index contributed by atoms with van der Waals surface area (Å²) >= 11 is 0. The summed E-state index contributed by atoms with van der Waals surface area (Å²) < 4.78 is 17.1. The van der Waals surface area contributed by atoms with Gasteiger partial charge in [-0.3, -0.25) is 4.79 Å². The molecule has 0 radical (unpaired) electrons. The van der Waals surface area contributed by atoms with Gasteiger partial charge in [0, 0.05) is 6.42 Å². The molecular weight excluding hydrogens is 280 g/mol. The van der Waals surface area contributed by atoms with Crippen molar-refractivity contribution in [1.29, 1.82) is 0 Å². The van der Waals surface area contributed by atoms with Crippen molar-refractivity contribution in [3.8, 4) is 22.6 Å². The van der Waals surface area contributed by atoms with Crippen molar-refractivity contribution in [1.82, 2.24) is 0 Å². The topological polar surface area (TPSA) is 48.7 Å². The van der Waals surface area contributed by atoms with Crippen molar-refractivity contribution in [2.45, 2.75) is 6.42 Å². The molecule has 4 heteroatoms. The Bertz CT molecular complexity index is 881. The lowest BCUT2D eigenvalue weighted by Gasteiger charge is -2.10. The fourth-order valence-corrected chi connectivity index (χ4v) is 2.64. The number of benzene rings is 2. The second-order valence-electron chi connectivity index (χ2n) is 5.16. The SMILES string of the molecule is O=c1c(-c2ccccc2)coc2c3c(ccc12)OCCCO3. The van der Waals surface area contributed by atoms with Crippen molar-refractivity contribution in [2.75, 3.05) is 13.2 Å². The standard InChI is InChI=1S/C18H14O4/c19-16-13-7-8-15-18(21-10-4-9-20-15)17(13)22-11-14(16)12-5-2-1-3-6-12/h1-3,5-8,11H,4,9-10H2. The van der Waals surface area contributed by atoms with Crippen LogP contribution in [-0.2, 0) is 0 Å². The minimum atomic E-state index is -0.0666. The van der Waals surface area contributed by atoms with Crippen LogP contribution in [0.4, 0.5) is 0 Å². The third-order valence-electron chi connectivity index (χ3n) is 3.74. The predicted molar refractivity (Wildman–Crippen MR) is 83.5 cm³/mol. The molecule has 0 saturated heterocycles. The first-order chi connectivity index (χ1) is 10.8. The average Bonchev–Trinajstić information content (AvgIpc) is 2.81. The largest absolute Gasteiger partial charge is 0.489 e. The van der Waals surface area contributed by atoms with Crippen LogP contribution in [0.2, 0.25) is 0 Å². The maximum atomic E-state index is 12.7. The van der Waals surface area contributed by atoms with Crippen molar-refractivity contribution < 1.29 is 13.9 Å². The van der Waals surface area contributed by atoms with E-state index in [2.05, 4.69) is 0 Å². The fourth-order valence-electron chi connectivity index (χ4n) is 2.64. The number of ether oxygens (including phenoxy) is 2. The zero-order valence-electron chi connectivity index (χ0n) is 11.9. The Morgan fingerprint density at radius 3 is 2.59 bits per heavy atom. The van der Waals surface area contributed by atoms with Crippen LogP contribution in [-0.4, -0.2) is 13.2 Å². The molecule has 1 aliphatic rings. The van der Waals surface area contributed by atoms with Crippen molar-refractivity contribution in [3.63, 3.8) is 0 Å². The quantitative estimate of drug-likeness (QED) is 0.687. The molecule has 1 aromatic heterocycles. The second kappa shape index (κ2) is 5.22.